The molecule has 2 aliphatic carbocycles. The van der Waals surface area contributed by atoms with Crippen LogP contribution in [0.2, 0.25) is 0 Å². The molecule has 142 valence electrons. The Bertz CT molecular complexity index is 443. The van der Waals surface area contributed by atoms with Gasteiger partial charge in [-0.1, -0.05) is 38.0 Å². The molecule has 2 nitrogen and oxygen atoms in total. The number of rotatable bonds is 6. The molecule has 1 heterocycles. The van der Waals surface area contributed by atoms with Gasteiger partial charge in [0.25, 0.3) is 0 Å². The molecule has 2 fully saturated rings. The van der Waals surface area contributed by atoms with E-state index in [0.29, 0.717) is 12.3 Å². The first-order valence-corrected chi connectivity index (χ1v) is 10.5. The molecule has 3 heteroatoms. The van der Waals surface area contributed by atoms with Gasteiger partial charge >= 0.3 is 0 Å². The molecule has 1 aliphatic heterocycles. The van der Waals surface area contributed by atoms with E-state index in [1.54, 1.807) is 0 Å². The smallest absolute Gasteiger partial charge is 0.157 e. The summed E-state index contributed by atoms with van der Waals surface area (Å²) in [5, 5.41) is 0. The molecule has 0 spiro atoms. The van der Waals surface area contributed by atoms with E-state index in [-0.39, 0.29) is 12.1 Å². The van der Waals surface area contributed by atoms with E-state index in [1.807, 2.05) is 6.08 Å². The third kappa shape index (κ3) is 5.92. The maximum absolute atomic E-state index is 13.2. The van der Waals surface area contributed by atoms with Crippen molar-refractivity contribution in [2.24, 2.45) is 23.7 Å². The predicted molar refractivity (Wildman–Crippen MR) is 99.8 cm³/mol. The molecule has 25 heavy (non-hydrogen) atoms. The van der Waals surface area contributed by atoms with Crippen molar-refractivity contribution in [3.8, 4) is 0 Å². The van der Waals surface area contributed by atoms with Crippen LogP contribution in [0.25, 0.3) is 0 Å². The summed E-state index contributed by atoms with van der Waals surface area (Å²) >= 11 is 0. The fraction of sp³-hybridized carbons (Fsp3) is 0.818. The lowest BCUT2D eigenvalue weighted by Gasteiger charge is -2.35. The summed E-state index contributed by atoms with van der Waals surface area (Å²) in [5.74, 6) is 2.94. The van der Waals surface area contributed by atoms with E-state index >= 15 is 0 Å². The Balaban J connectivity index is 1.30. The second-order valence-electron chi connectivity index (χ2n) is 8.24. The lowest BCUT2D eigenvalue weighted by molar-refractivity contribution is -0.197. The van der Waals surface area contributed by atoms with Crippen molar-refractivity contribution >= 4 is 0 Å². The summed E-state index contributed by atoms with van der Waals surface area (Å²) < 4.78 is 25.0. The lowest BCUT2D eigenvalue weighted by Crippen LogP contribution is -2.31. The van der Waals surface area contributed by atoms with E-state index < -0.39 is 0 Å². The summed E-state index contributed by atoms with van der Waals surface area (Å²) in [7, 11) is 0. The van der Waals surface area contributed by atoms with Gasteiger partial charge in [-0.15, -0.1) is 0 Å². The van der Waals surface area contributed by atoms with Crippen molar-refractivity contribution in [3.63, 3.8) is 0 Å². The zero-order valence-corrected chi connectivity index (χ0v) is 15.8. The van der Waals surface area contributed by atoms with Crippen molar-refractivity contribution in [1.29, 1.82) is 0 Å². The first-order chi connectivity index (χ1) is 12.2. The Morgan fingerprint density at radius 1 is 1.04 bits per heavy atom. The van der Waals surface area contributed by atoms with E-state index in [1.165, 1.54) is 32.1 Å². The van der Waals surface area contributed by atoms with Gasteiger partial charge in [0, 0.05) is 5.92 Å². The van der Waals surface area contributed by atoms with Crippen LogP contribution in [0.5, 0.6) is 0 Å². The monoisotopic (exact) mass is 350 g/mol. The van der Waals surface area contributed by atoms with Crippen molar-refractivity contribution in [1.82, 2.24) is 0 Å². The number of hydrogen-bond donors (Lipinski definition) is 0. The van der Waals surface area contributed by atoms with E-state index in [9.17, 15) is 4.39 Å². The van der Waals surface area contributed by atoms with Crippen LogP contribution in [0, 0.1) is 23.7 Å². The molecule has 1 saturated heterocycles. The Labute approximate surface area is 152 Å². The Morgan fingerprint density at radius 3 is 2.44 bits per heavy atom. The Kier molecular flexibility index (Phi) is 7.54. The van der Waals surface area contributed by atoms with Gasteiger partial charge in [0.1, 0.15) is 0 Å². The lowest BCUT2D eigenvalue weighted by atomic mass is 9.71. The quantitative estimate of drug-likeness (QED) is 0.532. The molecule has 0 aromatic heterocycles. The van der Waals surface area contributed by atoms with Gasteiger partial charge in [-0.3, -0.25) is 0 Å². The molecule has 0 N–H and O–H groups in total. The zero-order chi connectivity index (χ0) is 17.5. The highest BCUT2D eigenvalue weighted by Crippen LogP contribution is 2.41. The fourth-order valence-electron chi connectivity index (χ4n) is 4.74. The van der Waals surface area contributed by atoms with E-state index in [0.717, 1.165) is 56.7 Å². The summed E-state index contributed by atoms with van der Waals surface area (Å²) in [6.07, 6.45) is 17.7. The minimum absolute atomic E-state index is 0.00968. The molecule has 0 aromatic rings. The van der Waals surface area contributed by atoms with Crippen LogP contribution in [-0.4, -0.2) is 19.5 Å². The normalized spacial score (nSPS) is 37.2. The number of allylic oxidation sites excluding steroid dienone is 3. The molecule has 0 aromatic carbocycles. The van der Waals surface area contributed by atoms with Gasteiger partial charge in [-0.05, 0) is 69.1 Å². The first kappa shape index (κ1) is 19.1. The van der Waals surface area contributed by atoms with Gasteiger partial charge in [0.2, 0.25) is 0 Å². The van der Waals surface area contributed by atoms with Crippen molar-refractivity contribution in [3.05, 3.63) is 24.1 Å². The van der Waals surface area contributed by atoms with Gasteiger partial charge in [-0.2, -0.15) is 0 Å². The van der Waals surface area contributed by atoms with Crippen LogP contribution in [0.15, 0.2) is 24.1 Å². The molecule has 0 amide bonds. The largest absolute Gasteiger partial charge is 0.352 e. The molecule has 1 atom stereocenters. The molecule has 3 rings (SSSR count). The van der Waals surface area contributed by atoms with E-state index in [4.69, 9.17) is 9.47 Å². The standard InChI is InChI=1S/C22H35FO2/c1-2-3-4-18-15-24-22(25-16-18)14-7-17-5-8-19(9-6-17)20-10-12-21(23)13-11-20/h3-4,12,17-20,22H,2,5-11,13-16H2,1H3/b4-3+/t17-,18-,19-,20?,22-. The van der Waals surface area contributed by atoms with Crippen molar-refractivity contribution < 1.29 is 13.9 Å². The maximum atomic E-state index is 13.2. The Hall–Kier alpha value is -0.670. The van der Waals surface area contributed by atoms with Crippen LogP contribution >= 0.6 is 0 Å². The number of halogens is 1. The second kappa shape index (κ2) is 9.87. The maximum Gasteiger partial charge on any atom is 0.157 e. The van der Waals surface area contributed by atoms with Crippen LogP contribution < -0.4 is 0 Å². The van der Waals surface area contributed by atoms with Crippen molar-refractivity contribution in [2.45, 2.75) is 77.4 Å². The van der Waals surface area contributed by atoms with Gasteiger partial charge in [0.15, 0.2) is 6.29 Å². The second-order valence-corrected chi connectivity index (χ2v) is 8.24. The fourth-order valence-corrected chi connectivity index (χ4v) is 4.74. The molecular formula is C22H35FO2. The summed E-state index contributed by atoms with van der Waals surface area (Å²) in [4.78, 5) is 0. The average Bonchev–Trinajstić information content (AvgIpc) is 2.67. The topological polar surface area (TPSA) is 18.5 Å². The SMILES string of the molecule is CC/C=C/[C@H]1CO[C@H](CC[C@H]2CC[C@H](C3CC=C(F)CC3)CC2)OC1. The third-order valence-corrected chi connectivity index (χ3v) is 6.40. The van der Waals surface area contributed by atoms with Crippen LogP contribution in [0.3, 0.4) is 0 Å². The molecule has 3 aliphatic rings. The third-order valence-electron chi connectivity index (χ3n) is 6.40. The predicted octanol–water partition coefficient (Wildman–Crippen LogP) is 6.18. The van der Waals surface area contributed by atoms with Gasteiger partial charge < -0.3 is 9.47 Å². The Morgan fingerprint density at radius 2 is 1.80 bits per heavy atom. The minimum atomic E-state index is 0.00968. The summed E-state index contributed by atoms with van der Waals surface area (Å²) in [6.45, 7) is 3.77. The van der Waals surface area contributed by atoms with Crippen LogP contribution in [-0.2, 0) is 9.47 Å². The first-order valence-electron chi connectivity index (χ1n) is 10.5. The summed E-state index contributed by atoms with van der Waals surface area (Å²) in [6, 6.07) is 0. The van der Waals surface area contributed by atoms with Gasteiger partial charge in [0.05, 0.1) is 19.0 Å². The van der Waals surface area contributed by atoms with Gasteiger partial charge in [-0.25, -0.2) is 4.39 Å². The summed E-state index contributed by atoms with van der Waals surface area (Å²) in [5.41, 5.74) is 0. The molecule has 0 bridgehead atoms. The number of hydrogen-bond acceptors (Lipinski definition) is 2. The zero-order valence-electron chi connectivity index (χ0n) is 15.8. The highest BCUT2D eigenvalue weighted by molar-refractivity contribution is 4.99. The minimum Gasteiger partial charge on any atom is -0.352 e. The highest BCUT2D eigenvalue weighted by Gasteiger charge is 2.29. The molecule has 1 unspecified atom stereocenters. The van der Waals surface area contributed by atoms with E-state index in [2.05, 4.69) is 19.1 Å². The van der Waals surface area contributed by atoms with Crippen LogP contribution in [0.4, 0.5) is 4.39 Å². The van der Waals surface area contributed by atoms with Crippen LogP contribution in [0.1, 0.15) is 71.1 Å². The average molecular weight is 351 g/mol. The molecule has 0 radical (unpaired) electrons. The number of ether oxygens (including phenoxy) is 2. The molecule has 1 saturated carbocycles. The van der Waals surface area contributed by atoms with Crippen molar-refractivity contribution in [2.75, 3.05) is 13.2 Å². The molecular weight excluding hydrogens is 315 g/mol. The highest BCUT2D eigenvalue weighted by atomic mass is 19.1.